The summed E-state index contributed by atoms with van der Waals surface area (Å²) in [5, 5.41) is 14.0. The fourth-order valence-corrected chi connectivity index (χ4v) is 4.58. The Bertz CT molecular complexity index is 1100. The molecule has 2 aliphatic rings. The molecule has 2 aliphatic carbocycles. The van der Waals surface area contributed by atoms with Crippen LogP contribution in [0.4, 0.5) is 0 Å². The zero-order valence-corrected chi connectivity index (χ0v) is 18.0. The van der Waals surface area contributed by atoms with Crippen molar-refractivity contribution < 1.29 is 14.6 Å². The van der Waals surface area contributed by atoms with Gasteiger partial charge in [-0.05, 0) is 42.0 Å². The second-order valence-corrected chi connectivity index (χ2v) is 8.13. The third kappa shape index (κ3) is 4.24. The summed E-state index contributed by atoms with van der Waals surface area (Å²) in [6.07, 6.45) is 2.53. The molecule has 2 N–H and O–H groups in total. The number of hydrogen-bond donors (Lipinski definition) is 2. The molecule has 4 nitrogen and oxygen atoms in total. The predicted molar refractivity (Wildman–Crippen MR) is 124 cm³/mol. The fourth-order valence-electron chi connectivity index (χ4n) is 4.58. The molecule has 5 heteroatoms. The number of carbonyl (C=O) groups is 1. The van der Waals surface area contributed by atoms with E-state index in [-0.39, 0.29) is 24.8 Å². The number of benzene rings is 3. The van der Waals surface area contributed by atoms with Crippen molar-refractivity contribution in [2.45, 2.75) is 31.4 Å². The molecule has 31 heavy (non-hydrogen) atoms. The van der Waals surface area contributed by atoms with E-state index in [0.29, 0.717) is 29.5 Å². The summed E-state index contributed by atoms with van der Waals surface area (Å²) >= 11 is 0. The van der Waals surface area contributed by atoms with Crippen molar-refractivity contribution in [2.75, 3.05) is 13.2 Å². The van der Waals surface area contributed by atoms with E-state index in [1.165, 1.54) is 11.1 Å². The van der Waals surface area contributed by atoms with E-state index in [2.05, 4.69) is 29.6 Å². The second-order valence-electron chi connectivity index (χ2n) is 8.13. The molecule has 2 atom stereocenters. The molecule has 160 valence electrons. The summed E-state index contributed by atoms with van der Waals surface area (Å²) in [6, 6.07) is 22.1. The van der Waals surface area contributed by atoms with Crippen LogP contribution in [0.15, 0.2) is 66.7 Å². The van der Waals surface area contributed by atoms with E-state index in [1.54, 1.807) is 0 Å². The topological polar surface area (TPSA) is 58.6 Å². The Kier molecular flexibility index (Phi) is 6.42. The number of rotatable bonds is 6. The van der Waals surface area contributed by atoms with Crippen molar-refractivity contribution in [3.8, 4) is 16.9 Å². The van der Waals surface area contributed by atoms with Crippen molar-refractivity contribution >= 4 is 18.2 Å². The Morgan fingerprint density at radius 3 is 2.48 bits per heavy atom. The Balaban J connectivity index is 0.00000231. The molecule has 0 saturated carbocycles. The molecule has 3 aromatic rings. The molecule has 3 aromatic carbocycles. The van der Waals surface area contributed by atoms with Crippen LogP contribution in [0.1, 0.15) is 33.5 Å². The van der Waals surface area contributed by atoms with Gasteiger partial charge in [0.2, 0.25) is 0 Å². The van der Waals surface area contributed by atoms with Gasteiger partial charge in [-0.1, -0.05) is 60.7 Å². The third-order valence-electron chi connectivity index (χ3n) is 6.13. The van der Waals surface area contributed by atoms with E-state index in [1.807, 2.05) is 42.5 Å². The largest absolute Gasteiger partial charge is 0.490 e. The second kappa shape index (κ2) is 9.23. The molecule has 0 bridgehead atoms. The highest BCUT2D eigenvalue weighted by Crippen LogP contribution is 2.42. The fraction of sp³-hybridized carbons (Fsp3) is 0.269. The summed E-state index contributed by atoms with van der Waals surface area (Å²) in [7, 11) is 0. The molecule has 5 rings (SSSR count). The Labute approximate surface area is 188 Å². The third-order valence-corrected chi connectivity index (χ3v) is 6.13. The van der Waals surface area contributed by atoms with Gasteiger partial charge in [0.05, 0.1) is 0 Å². The van der Waals surface area contributed by atoms with Crippen LogP contribution < -0.4 is 10.1 Å². The molecule has 0 radical (unpaired) electrons. The van der Waals surface area contributed by atoms with Gasteiger partial charge in [0, 0.05) is 29.3 Å². The average molecular weight is 436 g/mol. The van der Waals surface area contributed by atoms with Crippen LogP contribution in [0.3, 0.4) is 0 Å². The van der Waals surface area contributed by atoms with Crippen molar-refractivity contribution in [2.24, 2.45) is 0 Å². The van der Waals surface area contributed by atoms with E-state index in [4.69, 9.17) is 4.74 Å². The van der Waals surface area contributed by atoms with Crippen molar-refractivity contribution in [3.05, 3.63) is 89.0 Å². The van der Waals surface area contributed by atoms with Crippen LogP contribution in [0, 0.1) is 0 Å². The molecular formula is C26H26ClNO3. The lowest BCUT2D eigenvalue weighted by Crippen LogP contribution is -2.40. The summed E-state index contributed by atoms with van der Waals surface area (Å²) in [6.45, 7) is 0.667. The minimum absolute atomic E-state index is 0. The molecule has 2 unspecified atom stereocenters. The van der Waals surface area contributed by atoms with Crippen molar-refractivity contribution in [1.82, 2.24) is 5.32 Å². The summed E-state index contributed by atoms with van der Waals surface area (Å²) in [5.41, 5.74) is 5.96. The number of nitrogens with one attached hydrogen (secondary N) is 1. The highest BCUT2D eigenvalue weighted by Gasteiger charge is 2.29. The molecular weight excluding hydrogens is 410 g/mol. The zero-order chi connectivity index (χ0) is 20.5. The van der Waals surface area contributed by atoms with Gasteiger partial charge in [0.25, 0.3) is 0 Å². The maximum absolute atomic E-state index is 12.6. The first-order valence-electron chi connectivity index (χ1n) is 10.6. The van der Waals surface area contributed by atoms with Gasteiger partial charge in [-0.25, -0.2) is 0 Å². The van der Waals surface area contributed by atoms with E-state index >= 15 is 0 Å². The Morgan fingerprint density at radius 1 is 0.935 bits per heavy atom. The smallest absolute Gasteiger partial charge is 0.194 e. The summed E-state index contributed by atoms with van der Waals surface area (Å²) in [5.74, 6) is 0.683. The maximum atomic E-state index is 12.6. The number of fused-ring (bicyclic) bond motifs is 4. The number of ether oxygens (including phenoxy) is 1. The van der Waals surface area contributed by atoms with E-state index in [9.17, 15) is 9.90 Å². The van der Waals surface area contributed by atoms with Crippen LogP contribution in [0.5, 0.6) is 5.75 Å². The number of halogens is 1. The van der Waals surface area contributed by atoms with E-state index < -0.39 is 6.10 Å². The van der Waals surface area contributed by atoms with Gasteiger partial charge in [0.1, 0.15) is 18.5 Å². The first-order valence-corrected chi connectivity index (χ1v) is 10.6. The lowest BCUT2D eigenvalue weighted by molar-refractivity contribution is 0.103. The highest BCUT2D eigenvalue weighted by atomic mass is 35.5. The summed E-state index contributed by atoms with van der Waals surface area (Å²) < 4.78 is 5.97. The van der Waals surface area contributed by atoms with Crippen LogP contribution >= 0.6 is 12.4 Å². The predicted octanol–water partition coefficient (Wildman–Crippen LogP) is 4.21. The maximum Gasteiger partial charge on any atom is 0.194 e. The van der Waals surface area contributed by atoms with Crippen LogP contribution in [0.2, 0.25) is 0 Å². The zero-order valence-electron chi connectivity index (χ0n) is 17.2. The molecule has 0 amide bonds. The first-order chi connectivity index (χ1) is 14.7. The van der Waals surface area contributed by atoms with Crippen molar-refractivity contribution in [1.29, 1.82) is 0 Å². The molecule has 0 heterocycles. The quantitative estimate of drug-likeness (QED) is 0.476. The minimum Gasteiger partial charge on any atom is -0.490 e. The average Bonchev–Trinajstić information content (AvgIpc) is 3.09. The normalized spacial score (nSPS) is 17.2. The number of aryl methyl sites for hydroxylation is 1. The molecule has 0 saturated heterocycles. The van der Waals surface area contributed by atoms with Gasteiger partial charge in [-0.3, -0.25) is 4.79 Å². The highest BCUT2D eigenvalue weighted by molar-refractivity contribution is 6.22. The number of carbonyl (C=O) groups excluding carboxylic acids is 1. The minimum atomic E-state index is -0.620. The number of ketones is 1. The number of aliphatic hydroxyl groups excluding tert-OH is 1. The van der Waals surface area contributed by atoms with Gasteiger partial charge in [0.15, 0.2) is 5.78 Å². The van der Waals surface area contributed by atoms with Crippen LogP contribution in [0.25, 0.3) is 11.1 Å². The Morgan fingerprint density at radius 2 is 1.65 bits per heavy atom. The molecule has 0 spiro atoms. The molecule has 0 aromatic heterocycles. The van der Waals surface area contributed by atoms with Gasteiger partial charge < -0.3 is 15.2 Å². The van der Waals surface area contributed by atoms with Gasteiger partial charge in [-0.2, -0.15) is 0 Å². The Hall–Kier alpha value is -2.66. The lowest BCUT2D eigenvalue weighted by Gasteiger charge is -2.26. The van der Waals surface area contributed by atoms with Crippen LogP contribution in [-0.2, 0) is 12.8 Å². The number of aliphatic hydroxyl groups is 1. The van der Waals surface area contributed by atoms with E-state index in [0.717, 1.165) is 30.4 Å². The summed E-state index contributed by atoms with van der Waals surface area (Å²) in [4.78, 5) is 12.6. The van der Waals surface area contributed by atoms with Gasteiger partial charge in [-0.15, -0.1) is 12.4 Å². The van der Waals surface area contributed by atoms with Crippen molar-refractivity contribution in [3.63, 3.8) is 0 Å². The van der Waals surface area contributed by atoms with Gasteiger partial charge >= 0.3 is 0 Å². The molecule has 0 aliphatic heterocycles. The molecule has 0 fully saturated rings. The SMILES string of the molecule is Cl.O=C1c2ccccc2-c2c(OCC(O)CNC3CCc4ccccc4C3)cccc21. The first kappa shape index (κ1) is 21.6. The standard InChI is InChI=1S/C26H25NO3.ClH/c28-20(15-27-19-13-12-17-6-1-2-7-18(17)14-19)16-30-24-11-5-10-23-25(24)21-8-3-4-9-22(21)26(23)29;/h1-11,19-20,27-28H,12-16H2;1H. The lowest BCUT2D eigenvalue weighted by atomic mass is 9.88. The monoisotopic (exact) mass is 435 g/mol. The number of hydrogen-bond acceptors (Lipinski definition) is 4. The van der Waals surface area contributed by atoms with Crippen LogP contribution in [-0.4, -0.2) is 36.2 Å².